The highest BCUT2D eigenvalue weighted by Crippen LogP contribution is 2.12. The Bertz CT molecular complexity index is 218. The molecule has 2 N–H and O–H groups in total. The largest absolute Gasteiger partial charge is 0.388 e. The molecule has 0 aromatic rings. The first-order valence-electron chi connectivity index (χ1n) is 6.52. The van der Waals surface area contributed by atoms with Gasteiger partial charge in [-0.3, -0.25) is 4.90 Å². The van der Waals surface area contributed by atoms with E-state index >= 15 is 0 Å². The van der Waals surface area contributed by atoms with E-state index in [4.69, 9.17) is 4.74 Å². The van der Waals surface area contributed by atoms with E-state index in [-0.39, 0.29) is 5.41 Å². The Morgan fingerprint density at radius 3 is 2.24 bits per heavy atom. The minimum atomic E-state index is -0.664. The lowest BCUT2D eigenvalue weighted by Gasteiger charge is -2.34. The Morgan fingerprint density at radius 1 is 1.12 bits per heavy atom. The summed E-state index contributed by atoms with van der Waals surface area (Å²) in [5.74, 6) is 0. The summed E-state index contributed by atoms with van der Waals surface area (Å²) in [5, 5.41) is 13.7. The fourth-order valence-electron chi connectivity index (χ4n) is 2.00. The Morgan fingerprint density at radius 2 is 1.71 bits per heavy atom. The van der Waals surface area contributed by atoms with Crippen molar-refractivity contribution in [3.63, 3.8) is 0 Å². The van der Waals surface area contributed by atoms with Crippen molar-refractivity contribution in [1.82, 2.24) is 10.2 Å². The number of morpholine rings is 1. The highest BCUT2D eigenvalue weighted by Gasteiger charge is 2.25. The van der Waals surface area contributed by atoms with Crippen molar-refractivity contribution in [2.75, 3.05) is 45.9 Å². The molecule has 1 heterocycles. The second-order valence-electron chi connectivity index (χ2n) is 6.55. The Labute approximate surface area is 105 Å². The van der Waals surface area contributed by atoms with Gasteiger partial charge in [-0.15, -0.1) is 0 Å². The van der Waals surface area contributed by atoms with Crippen molar-refractivity contribution in [1.29, 1.82) is 0 Å². The maximum atomic E-state index is 10.3. The zero-order valence-corrected chi connectivity index (χ0v) is 11.8. The van der Waals surface area contributed by atoms with Crippen LogP contribution in [0.25, 0.3) is 0 Å². The number of ether oxygens (including phenoxy) is 1. The summed E-state index contributed by atoms with van der Waals surface area (Å²) in [4.78, 5) is 2.27. The first kappa shape index (κ1) is 14.9. The Balaban J connectivity index is 2.24. The molecule has 1 unspecified atom stereocenters. The topological polar surface area (TPSA) is 44.7 Å². The molecular formula is C13H28N2O2. The summed E-state index contributed by atoms with van der Waals surface area (Å²) in [7, 11) is 0. The monoisotopic (exact) mass is 244 g/mol. The third kappa shape index (κ3) is 6.99. The summed E-state index contributed by atoms with van der Waals surface area (Å²) >= 11 is 0. The molecule has 0 amide bonds. The number of hydrogen-bond acceptors (Lipinski definition) is 4. The smallest absolute Gasteiger partial charge is 0.0869 e. The quantitative estimate of drug-likeness (QED) is 0.747. The van der Waals surface area contributed by atoms with Gasteiger partial charge in [0.05, 0.1) is 18.8 Å². The molecule has 1 fully saturated rings. The van der Waals surface area contributed by atoms with Crippen LogP contribution in [0, 0.1) is 5.41 Å². The molecule has 0 bridgehead atoms. The fourth-order valence-corrected chi connectivity index (χ4v) is 2.00. The molecule has 4 heteroatoms. The number of β-amino-alcohol motifs (C(OH)–C–C–N with tert-alkyl or cyclic N) is 1. The number of nitrogens with one attached hydrogen (secondary N) is 1. The van der Waals surface area contributed by atoms with Crippen LogP contribution in [0.2, 0.25) is 0 Å². The molecule has 17 heavy (non-hydrogen) atoms. The standard InChI is InChI=1S/C13H28N2O2/c1-12(2,3)9-14-10-13(4,16)11-15-5-7-17-8-6-15/h14,16H,5-11H2,1-4H3. The SMILES string of the molecule is CC(C)(C)CNCC(C)(O)CN1CCOCC1. The van der Waals surface area contributed by atoms with E-state index < -0.39 is 5.60 Å². The predicted octanol–water partition coefficient (Wildman–Crippen LogP) is 0.705. The predicted molar refractivity (Wildman–Crippen MR) is 70.2 cm³/mol. The normalized spacial score (nSPS) is 22.4. The second kappa shape index (κ2) is 6.14. The van der Waals surface area contributed by atoms with E-state index in [1.54, 1.807) is 0 Å². The molecule has 0 radical (unpaired) electrons. The van der Waals surface area contributed by atoms with Crippen molar-refractivity contribution in [2.24, 2.45) is 5.41 Å². The van der Waals surface area contributed by atoms with E-state index in [1.807, 2.05) is 6.92 Å². The van der Waals surface area contributed by atoms with E-state index in [0.29, 0.717) is 13.1 Å². The highest BCUT2D eigenvalue weighted by molar-refractivity contribution is 4.82. The third-order valence-corrected chi connectivity index (χ3v) is 2.83. The van der Waals surface area contributed by atoms with Gasteiger partial charge in [-0.25, -0.2) is 0 Å². The summed E-state index contributed by atoms with van der Waals surface area (Å²) in [6.07, 6.45) is 0. The average molecular weight is 244 g/mol. The van der Waals surface area contributed by atoms with Gasteiger partial charge in [-0.2, -0.15) is 0 Å². The molecule has 1 aliphatic rings. The lowest BCUT2D eigenvalue weighted by atomic mass is 9.96. The van der Waals surface area contributed by atoms with Gasteiger partial charge in [0.2, 0.25) is 0 Å². The molecule has 1 saturated heterocycles. The van der Waals surface area contributed by atoms with Crippen LogP contribution in [-0.4, -0.2) is 61.5 Å². The summed E-state index contributed by atoms with van der Waals surface area (Å²) in [5.41, 5.74) is -0.405. The second-order valence-corrected chi connectivity index (χ2v) is 6.55. The van der Waals surface area contributed by atoms with Crippen molar-refractivity contribution < 1.29 is 9.84 Å². The third-order valence-electron chi connectivity index (χ3n) is 2.83. The van der Waals surface area contributed by atoms with E-state index in [2.05, 4.69) is 31.0 Å². The van der Waals surface area contributed by atoms with Crippen LogP contribution in [0.5, 0.6) is 0 Å². The first-order chi connectivity index (χ1) is 7.79. The van der Waals surface area contributed by atoms with Crippen LogP contribution in [-0.2, 0) is 4.74 Å². The summed E-state index contributed by atoms with van der Waals surface area (Å²) in [6, 6.07) is 0. The Kier molecular flexibility index (Phi) is 5.38. The fraction of sp³-hybridized carbons (Fsp3) is 1.00. The van der Waals surface area contributed by atoms with Crippen LogP contribution >= 0.6 is 0 Å². The van der Waals surface area contributed by atoms with Crippen molar-refractivity contribution in [3.05, 3.63) is 0 Å². The Hall–Kier alpha value is -0.160. The number of rotatable bonds is 5. The van der Waals surface area contributed by atoms with Crippen LogP contribution in [0.4, 0.5) is 0 Å². The molecule has 0 aromatic heterocycles. The first-order valence-corrected chi connectivity index (χ1v) is 6.52. The zero-order valence-electron chi connectivity index (χ0n) is 11.8. The minimum absolute atomic E-state index is 0.259. The van der Waals surface area contributed by atoms with Gasteiger partial charge in [0.15, 0.2) is 0 Å². The lowest BCUT2D eigenvalue weighted by molar-refractivity contribution is -0.0223. The van der Waals surface area contributed by atoms with Gasteiger partial charge in [-0.1, -0.05) is 20.8 Å². The van der Waals surface area contributed by atoms with Gasteiger partial charge in [0.25, 0.3) is 0 Å². The summed E-state index contributed by atoms with van der Waals surface area (Å²) in [6.45, 7) is 14.2. The molecular weight excluding hydrogens is 216 g/mol. The van der Waals surface area contributed by atoms with Crippen molar-refractivity contribution >= 4 is 0 Å². The van der Waals surface area contributed by atoms with Crippen LogP contribution in [0.15, 0.2) is 0 Å². The van der Waals surface area contributed by atoms with Gasteiger partial charge in [0.1, 0.15) is 0 Å². The zero-order chi connectivity index (χ0) is 12.9. The van der Waals surface area contributed by atoms with Crippen molar-refractivity contribution in [2.45, 2.75) is 33.3 Å². The van der Waals surface area contributed by atoms with Gasteiger partial charge >= 0.3 is 0 Å². The highest BCUT2D eigenvalue weighted by atomic mass is 16.5. The number of nitrogens with zero attached hydrogens (tertiary/aromatic N) is 1. The maximum Gasteiger partial charge on any atom is 0.0869 e. The van der Waals surface area contributed by atoms with Crippen LogP contribution in [0.1, 0.15) is 27.7 Å². The molecule has 0 aromatic carbocycles. The van der Waals surface area contributed by atoms with Gasteiger partial charge < -0.3 is 15.2 Å². The van der Waals surface area contributed by atoms with E-state index in [0.717, 1.165) is 32.8 Å². The lowest BCUT2D eigenvalue weighted by Crippen LogP contribution is -2.51. The van der Waals surface area contributed by atoms with Gasteiger partial charge in [-0.05, 0) is 12.3 Å². The molecule has 1 aliphatic heterocycles. The number of hydrogen-bond donors (Lipinski definition) is 2. The molecule has 102 valence electrons. The molecule has 1 atom stereocenters. The molecule has 0 spiro atoms. The molecule has 0 saturated carbocycles. The molecule has 1 rings (SSSR count). The van der Waals surface area contributed by atoms with Gasteiger partial charge in [0, 0.05) is 32.7 Å². The van der Waals surface area contributed by atoms with E-state index in [9.17, 15) is 5.11 Å². The van der Waals surface area contributed by atoms with E-state index in [1.165, 1.54) is 0 Å². The minimum Gasteiger partial charge on any atom is -0.388 e. The molecule has 4 nitrogen and oxygen atoms in total. The number of aliphatic hydroxyl groups is 1. The molecule has 0 aliphatic carbocycles. The summed E-state index contributed by atoms with van der Waals surface area (Å²) < 4.78 is 5.30. The van der Waals surface area contributed by atoms with Crippen LogP contribution in [0.3, 0.4) is 0 Å². The van der Waals surface area contributed by atoms with Crippen LogP contribution < -0.4 is 5.32 Å². The maximum absolute atomic E-state index is 10.3. The van der Waals surface area contributed by atoms with Crippen molar-refractivity contribution in [3.8, 4) is 0 Å². The average Bonchev–Trinajstić information content (AvgIpc) is 2.15.